The van der Waals surface area contributed by atoms with E-state index in [0.29, 0.717) is 0 Å². The highest BCUT2D eigenvalue weighted by atomic mass is 14.8. The van der Waals surface area contributed by atoms with E-state index in [1.54, 1.807) is 0 Å². The summed E-state index contributed by atoms with van der Waals surface area (Å²) in [6, 6.07) is 27.0. The predicted octanol–water partition coefficient (Wildman–Crippen LogP) is 4.70. The molecule has 0 atom stereocenters. The van der Waals surface area contributed by atoms with Crippen molar-refractivity contribution >= 4 is 0 Å². The Hall–Kier alpha value is -2.82. The van der Waals surface area contributed by atoms with Crippen LogP contribution >= 0.6 is 0 Å². The summed E-state index contributed by atoms with van der Waals surface area (Å²) in [5, 5.41) is 0. The molecule has 116 valence electrons. The molecular formula is C23H19N. The zero-order valence-electron chi connectivity index (χ0n) is 13.5. The third-order valence-corrected chi connectivity index (χ3v) is 4.60. The van der Waals surface area contributed by atoms with Gasteiger partial charge in [0, 0.05) is 16.7 Å². The SMILES string of the molecule is NC1(c2ccc(C#Cc3ccccc3-c3ccccc3)cc2)CC1. The van der Waals surface area contributed by atoms with Gasteiger partial charge in [-0.15, -0.1) is 0 Å². The lowest BCUT2D eigenvalue weighted by atomic mass is 9.99. The quantitative estimate of drug-likeness (QED) is 0.682. The molecular weight excluding hydrogens is 290 g/mol. The minimum atomic E-state index is -0.0775. The largest absolute Gasteiger partial charge is 0.321 e. The van der Waals surface area contributed by atoms with Gasteiger partial charge in [-0.25, -0.2) is 0 Å². The highest BCUT2D eigenvalue weighted by Gasteiger charge is 2.39. The van der Waals surface area contributed by atoms with Crippen molar-refractivity contribution < 1.29 is 0 Å². The lowest BCUT2D eigenvalue weighted by Crippen LogP contribution is -2.18. The third kappa shape index (κ3) is 2.97. The average molecular weight is 309 g/mol. The standard InChI is InChI=1S/C23H19N/c24-23(16-17-23)21-14-11-18(12-15-21)10-13-20-8-4-5-9-22(20)19-6-2-1-3-7-19/h1-9,11-12,14-15H,16-17,24H2. The highest BCUT2D eigenvalue weighted by molar-refractivity contribution is 5.71. The zero-order chi connectivity index (χ0) is 16.4. The Kier molecular flexibility index (Phi) is 3.69. The minimum Gasteiger partial charge on any atom is -0.321 e. The molecule has 0 unspecified atom stereocenters. The lowest BCUT2D eigenvalue weighted by Gasteiger charge is -2.08. The lowest BCUT2D eigenvalue weighted by molar-refractivity contribution is 0.740. The Morgan fingerprint density at radius 3 is 2.08 bits per heavy atom. The second-order valence-electron chi connectivity index (χ2n) is 6.40. The van der Waals surface area contributed by atoms with Crippen molar-refractivity contribution in [1.82, 2.24) is 0 Å². The summed E-state index contributed by atoms with van der Waals surface area (Å²) in [5.74, 6) is 6.60. The Bertz CT molecular complexity index is 907. The topological polar surface area (TPSA) is 26.0 Å². The van der Waals surface area contributed by atoms with Crippen molar-refractivity contribution in [2.45, 2.75) is 18.4 Å². The van der Waals surface area contributed by atoms with Crippen molar-refractivity contribution in [3.8, 4) is 23.0 Å². The summed E-state index contributed by atoms with van der Waals surface area (Å²) in [7, 11) is 0. The molecule has 1 nitrogen and oxygen atoms in total. The van der Waals surface area contributed by atoms with Crippen LogP contribution in [0.1, 0.15) is 29.5 Å². The van der Waals surface area contributed by atoms with Gasteiger partial charge < -0.3 is 5.73 Å². The van der Waals surface area contributed by atoms with Crippen LogP contribution in [0, 0.1) is 11.8 Å². The molecule has 2 N–H and O–H groups in total. The van der Waals surface area contributed by atoms with E-state index in [9.17, 15) is 0 Å². The molecule has 1 fully saturated rings. The molecule has 0 saturated heterocycles. The molecule has 1 aliphatic rings. The maximum atomic E-state index is 6.23. The number of benzene rings is 3. The van der Waals surface area contributed by atoms with Gasteiger partial charge in [0.05, 0.1) is 0 Å². The van der Waals surface area contributed by atoms with E-state index in [1.807, 2.05) is 12.1 Å². The van der Waals surface area contributed by atoms with E-state index >= 15 is 0 Å². The summed E-state index contributed by atoms with van der Waals surface area (Å²) >= 11 is 0. The number of hydrogen-bond acceptors (Lipinski definition) is 1. The third-order valence-electron chi connectivity index (χ3n) is 4.60. The molecule has 3 aromatic rings. The van der Waals surface area contributed by atoms with Gasteiger partial charge >= 0.3 is 0 Å². The van der Waals surface area contributed by atoms with Crippen LogP contribution in [0.5, 0.6) is 0 Å². The molecule has 0 radical (unpaired) electrons. The summed E-state index contributed by atoms with van der Waals surface area (Å²) < 4.78 is 0. The van der Waals surface area contributed by atoms with Crippen LogP contribution in [0.25, 0.3) is 11.1 Å². The normalized spacial score (nSPS) is 14.5. The van der Waals surface area contributed by atoms with Crippen molar-refractivity contribution in [2.75, 3.05) is 0 Å². The second-order valence-corrected chi connectivity index (χ2v) is 6.40. The van der Waals surface area contributed by atoms with Crippen LogP contribution < -0.4 is 5.73 Å². The summed E-state index contributed by atoms with van der Waals surface area (Å²) in [6.07, 6.45) is 2.17. The Morgan fingerprint density at radius 2 is 1.38 bits per heavy atom. The fraction of sp³-hybridized carbons (Fsp3) is 0.130. The minimum absolute atomic E-state index is 0.0775. The second kappa shape index (κ2) is 6.00. The van der Waals surface area contributed by atoms with E-state index in [4.69, 9.17) is 5.73 Å². The first-order chi connectivity index (χ1) is 11.7. The van der Waals surface area contributed by atoms with Gasteiger partial charge in [-0.1, -0.05) is 72.5 Å². The molecule has 4 rings (SSSR count). The van der Waals surface area contributed by atoms with Gasteiger partial charge in [0.2, 0.25) is 0 Å². The molecule has 0 spiro atoms. The Morgan fingerprint density at radius 1 is 0.708 bits per heavy atom. The number of hydrogen-bond donors (Lipinski definition) is 1. The first kappa shape index (κ1) is 14.8. The van der Waals surface area contributed by atoms with Gasteiger partial charge in [0.25, 0.3) is 0 Å². The Balaban J connectivity index is 1.64. The average Bonchev–Trinajstić information content (AvgIpc) is 3.40. The molecule has 1 aliphatic carbocycles. The van der Waals surface area contributed by atoms with E-state index in [-0.39, 0.29) is 5.54 Å². The van der Waals surface area contributed by atoms with Gasteiger partial charge in [-0.3, -0.25) is 0 Å². The molecule has 0 aliphatic heterocycles. The fourth-order valence-corrected chi connectivity index (χ4v) is 2.91. The predicted molar refractivity (Wildman–Crippen MR) is 99.4 cm³/mol. The van der Waals surface area contributed by atoms with Crippen molar-refractivity contribution in [2.24, 2.45) is 5.73 Å². The van der Waals surface area contributed by atoms with Crippen LogP contribution in [0.3, 0.4) is 0 Å². The maximum Gasteiger partial charge on any atom is 0.0411 e. The first-order valence-electron chi connectivity index (χ1n) is 8.31. The van der Waals surface area contributed by atoms with Gasteiger partial charge in [-0.05, 0) is 47.7 Å². The van der Waals surface area contributed by atoms with Crippen LogP contribution in [0.4, 0.5) is 0 Å². The maximum absolute atomic E-state index is 6.23. The smallest absolute Gasteiger partial charge is 0.0411 e. The van der Waals surface area contributed by atoms with E-state index in [0.717, 1.165) is 24.0 Å². The molecule has 1 saturated carbocycles. The van der Waals surface area contributed by atoms with Gasteiger partial charge in [-0.2, -0.15) is 0 Å². The van der Waals surface area contributed by atoms with Crippen LogP contribution in [-0.4, -0.2) is 0 Å². The zero-order valence-corrected chi connectivity index (χ0v) is 13.5. The van der Waals surface area contributed by atoms with Gasteiger partial charge in [0.15, 0.2) is 0 Å². The number of nitrogens with two attached hydrogens (primary N) is 1. The summed E-state index contributed by atoms with van der Waals surface area (Å²) in [6.45, 7) is 0. The number of rotatable bonds is 2. The van der Waals surface area contributed by atoms with Crippen LogP contribution in [0.15, 0.2) is 78.9 Å². The van der Waals surface area contributed by atoms with Crippen molar-refractivity contribution in [1.29, 1.82) is 0 Å². The Labute approximate surface area is 143 Å². The van der Waals surface area contributed by atoms with Crippen LogP contribution in [0.2, 0.25) is 0 Å². The van der Waals surface area contributed by atoms with E-state index in [2.05, 4.69) is 78.6 Å². The van der Waals surface area contributed by atoms with E-state index < -0.39 is 0 Å². The van der Waals surface area contributed by atoms with Gasteiger partial charge in [0.1, 0.15) is 0 Å². The summed E-state index contributed by atoms with van der Waals surface area (Å²) in [4.78, 5) is 0. The molecule has 0 heterocycles. The molecule has 0 amide bonds. The highest BCUT2D eigenvalue weighted by Crippen LogP contribution is 2.42. The fourth-order valence-electron chi connectivity index (χ4n) is 2.91. The van der Waals surface area contributed by atoms with Crippen molar-refractivity contribution in [3.63, 3.8) is 0 Å². The molecule has 1 heteroatoms. The first-order valence-corrected chi connectivity index (χ1v) is 8.31. The van der Waals surface area contributed by atoms with Crippen molar-refractivity contribution in [3.05, 3.63) is 95.6 Å². The molecule has 24 heavy (non-hydrogen) atoms. The molecule has 0 aromatic heterocycles. The monoisotopic (exact) mass is 309 g/mol. The van der Waals surface area contributed by atoms with Crippen LogP contribution in [-0.2, 0) is 5.54 Å². The summed E-state index contributed by atoms with van der Waals surface area (Å²) in [5.41, 5.74) is 11.8. The molecule has 3 aromatic carbocycles. The van der Waals surface area contributed by atoms with E-state index in [1.165, 1.54) is 16.7 Å². The molecule has 0 bridgehead atoms.